The van der Waals surface area contributed by atoms with E-state index in [2.05, 4.69) is 4.98 Å². The number of benzene rings is 1. The number of aldehydes is 1. The smallest absolute Gasteiger partial charge is 0.150 e. The minimum absolute atomic E-state index is 0.239. The molecule has 0 aliphatic heterocycles. The molecule has 4 nitrogen and oxygen atoms in total. The average molecular weight is 248 g/mol. The van der Waals surface area contributed by atoms with Gasteiger partial charge in [0, 0.05) is 30.6 Å². The van der Waals surface area contributed by atoms with Crippen LogP contribution in [0.25, 0.3) is 0 Å². The van der Waals surface area contributed by atoms with Gasteiger partial charge in [0.1, 0.15) is 30.3 Å². The molecule has 0 radical (unpaired) electrons. The summed E-state index contributed by atoms with van der Waals surface area (Å²) in [7, 11) is 0. The van der Waals surface area contributed by atoms with Crippen LogP contribution >= 0.6 is 0 Å². The second-order valence-corrected chi connectivity index (χ2v) is 3.76. The number of carbonyl (C=O) groups is 1. The molecule has 0 spiro atoms. The summed E-state index contributed by atoms with van der Waals surface area (Å²) in [5.74, 6) is 0.589. The van der Waals surface area contributed by atoms with Gasteiger partial charge in [-0.1, -0.05) is 0 Å². The van der Waals surface area contributed by atoms with Gasteiger partial charge in [-0.3, -0.25) is 4.79 Å². The Bertz CT molecular complexity index is 552. The molecule has 0 atom stereocenters. The Hall–Kier alpha value is -2.17. The van der Waals surface area contributed by atoms with E-state index in [0.717, 1.165) is 18.4 Å². The summed E-state index contributed by atoms with van der Waals surface area (Å²) in [6.07, 6.45) is 4.12. The van der Waals surface area contributed by atoms with E-state index >= 15 is 0 Å². The zero-order valence-corrected chi connectivity index (χ0v) is 9.97. The Balaban J connectivity index is 2.10. The number of aromatic nitrogens is 2. The van der Waals surface area contributed by atoms with E-state index < -0.39 is 5.82 Å². The lowest BCUT2D eigenvalue weighted by Gasteiger charge is -2.08. The minimum atomic E-state index is -0.492. The van der Waals surface area contributed by atoms with Gasteiger partial charge in [-0.15, -0.1) is 0 Å². The normalized spacial score (nSPS) is 10.3. The molecule has 0 bridgehead atoms. The SMILES string of the molecule is CCn1ccnc1COc1cc(F)cc(C=O)c1. The summed E-state index contributed by atoms with van der Waals surface area (Å²) in [6, 6.07) is 3.90. The van der Waals surface area contributed by atoms with Crippen LogP contribution in [0.4, 0.5) is 4.39 Å². The second-order valence-electron chi connectivity index (χ2n) is 3.76. The van der Waals surface area contributed by atoms with Gasteiger partial charge in [0.2, 0.25) is 0 Å². The average Bonchev–Trinajstić information content (AvgIpc) is 2.83. The number of rotatable bonds is 5. The number of ether oxygens (including phenoxy) is 1. The minimum Gasteiger partial charge on any atom is -0.486 e. The molecule has 1 heterocycles. The first-order valence-corrected chi connectivity index (χ1v) is 5.61. The van der Waals surface area contributed by atoms with Gasteiger partial charge in [-0.2, -0.15) is 0 Å². The van der Waals surface area contributed by atoms with Gasteiger partial charge in [-0.05, 0) is 19.1 Å². The predicted molar refractivity (Wildman–Crippen MR) is 64.0 cm³/mol. The number of nitrogens with zero attached hydrogens (tertiary/aromatic N) is 2. The predicted octanol–water partition coefficient (Wildman–Crippen LogP) is 2.43. The molecular formula is C13H13FN2O2. The van der Waals surface area contributed by atoms with Gasteiger partial charge in [0.05, 0.1) is 0 Å². The van der Waals surface area contributed by atoms with E-state index in [-0.39, 0.29) is 12.2 Å². The lowest BCUT2D eigenvalue weighted by atomic mass is 10.2. The van der Waals surface area contributed by atoms with Crippen LogP contribution < -0.4 is 4.74 Å². The number of halogens is 1. The number of aryl methyl sites for hydroxylation is 1. The summed E-state index contributed by atoms with van der Waals surface area (Å²) in [5.41, 5.74) is 0.254. The molecule has 18 heavy (non-hydrogen) atoms. The first kappa shape index (κ1) is 12.3. The highest BCUT2D eigenvalue weighted by Crippen LogP contribution is 2.16. The second kappa shape index (κ2) is 5.44. The first-order chi connectivity index (χ1) is 8.72. The van der Waals surface area contributed by atoms with E-state index in [1.165, 1.54) is 12.1 Å². The Kier molecular flexibility index (Phi) is 3.72. The number of carbonyl (C=O) groups excluding carboxylic acids is 1. The van der Waals surface area contributed by atoms with E-state index in [4.69, 9.17) is 4.74 Å². The molecule has 94 valence electrons. The molecule has 0 saturated heterocycles. The molecule has 0 unspecified atom stereocenters. The Morgan fingerprint density at radius 3 is 3.00 bits per heavy atom. The highest BCUT2D eigenvalue weighted by Gasteiger charge is 2.05. The monoisotopic (exact) mass is 248 g/mol. The van der Waals surface area contributed by atoms with Crippen LogP contribution in [0.15, 0.2) is 30.6 Å². The molecule has 1 aromatic heterocycles. The summed E-state index contributed by atoms with van der Waals surface area (Å²) >= 11 is 0. The Labute approximate surface area is 104 Å². The first-order valence-electron chi connectivity index (χ1n) is 5.61. The van der Waals surface area contributed by atoms with Gasteiger partial charge < -0.3 is 9.30 Å². The summed E-state index contributed by atoms with van der Waals surface area (Å²) in [5, 5.41) is 0. The summed E-state index contributed by atoms with van der Waals surface area (Å²) in [6.45, 7) is 3.03. The largest absolute Gasteiger partial charge is 0.486 e. The van der Waals surface area contributed by atoms with Gasteiger partial charge in [-0.25, -0.2) is 9.37 Å². The topological polar surface area (TPSA) is 44.1 Å². The quantitative estimate of drug-likeness (QED) is 0.763. The molecule has 2 rings (SSSR count). The molecule has 0 aliphatic rings. The highest BCUT2D eigenvalue weighted by molar-refractivity contribution is 5.75. The van der Waals surface area contributed by atoms with Crippen LogP contribution in [0.5, 0.6) is 5.75 Å². The van der Waals surface area contributed by atoms with E-state index in [9.17, 15) is 9.18 Å². The van der Waals surface area contributed by atoms with Gasteiger partial charge in [0.25, 0.3) is 0 Å². The van der Waals surface area contributed by atoms with E-state index in [1.54, 1.807) is 6.20 Å². The lowest BCUT2D eigenvalue weighted by Crippen LogP contribution is -2.05. The Morgan fingerprint density at radius 2 is 2.28 bits per heavy atom. The molecule has 2 aromatic rings. The fourth-order valence-corrected chi connectivity index (χ4v) is 1.65. The maximum absolute atomic E-state index is 13.2. The van der Waals surface area contributed by atoms with Crippen molar-refractivity contribution in [2.24, 2.45) is 0 Å². The van der Waals surface area contributed by atoms with Crippen molar-refractivity contribution >= 4 is 6.29 Å². The van der Waals surface area contributed by atoms with Crippen LogP contribution in [0, 0.1) is 5.82 Å². The standard InChI is InChI=1S/C13H13FN2O2/c1-2-16-4-3-15-13(16)9-18-12-6-10(8-17)5-11(14)7-12/h3-8H,2,9H2,1H3. The third kappa shape index (κ3) is 2.74. The highest BCUT2D eigenvalue weighted by atomic mass is 19.1. The van der Waals surface area contributed by atoms with Crippen molar-refractivity contribution in [1.29, 1.82) is 0 Å². The maximum Gasteiger partial charge on any atom is 0.150 e. The van der Waals surface area contributed by atoms with Crippen molar-refractivity contribution in [2.45, 2.75) is 20.1 Å². The lowest BCUT2D eigenvalue weighted by molar-refractivity contribution is 0.112. The molecule has 0 N–H and O–H groups in total. The van der Waals surface area contributed by atoms with Crippen molar-refractivity contribution in [3.05, 3.63) is 47.8 Å². The van der Waals surface area contributed by atoms with Gasteiger partial charge >= 0.3 is 0 Å². The van der Waals surface area contributed by atoms with Crippen molar-refractivity contribution in [2.75, 3.05) is 0 Å². The van der Waals surface area contributed by atoms with Crippen molar-refractivity contribution in [3.63, 3.8) is 0 Å². The molecule has 0 fully saturated rings. The van der Waals surface area contributed by atoms with Crippen molar-refractivity contribution in [1.82, 2.24) is 9.55 Å². The molecule has 1 aromatic carbocycles. The molecule has 0 amide bonds. The molecular weight excluding hydrogens is 235 g/mol. The zero-order valence-electron chi connectivity index (χ0n) is 9.97. The third-order valence-electron chi connectivity index (χ3n) is 2.54. The molecule has 0 aliphatic carbocycles. The maximum atomic E-state index is 13.2. The van der Waals surface area contributed by atoms with Crippen LogP contribution in [0.1, 0.15) is 23.1 Å². The van der Waals surface area contributed by atoms with Crippen LogP contribution in [-0.2, 0) is 13.2 Å². The molecule has 0 saturated carbocycles. The van der Waals surface area contributed by atoms with Crippen LogP contribution in [0.3, 0.4) is 0 Å². The van der Waals surface area contributed by atoms with Crippen LogP contribution in [0.2, 0.25) is 0 Å². The Morgan fingerprint density at radius 1 is 1.44 bits per heavy atom. The van der Waals surface area contributed by atoms with Crippen molar-refractivity contribution < 1.29 is 13.9 Å². The summed E-state index contributed by atoms with van der Waals surface area (Å²) in [4.78, 5) is 14.7. The number of hydrogen-bond acceptors (Lipinski definition) is 3. The summed E-state index contributed by atoms with van der Waals surface area (Å²) < 4.78 is 20.5. The fourth-order valence-electron chi connectivity index (χ4n) is 1.65. The molecule has 5 heteroatoms. The van der Waals surface area contributed by atoms with E-state index in [0.29, 0.717) is 12.0 Å². The van der Waals surface area contributed by atoms with E-state index in [1.807, 2.05) is 17.7 Å². The fraction of sp³-hybridized carbons (Fsp3) is 0.231. The van der Waals surface area contributed by atoms with Gasteiger partial charge in [0.15, 0.2) is 0 Å². The number of hydrogen-bond donors (Lipinski definition) is 0. The van der Waals surface area contributed by atoms with Crippen molar-refractivity contribution in [3.8, 4) is 5.75 Å². The van der Waals surface area contributed by atoms with Crippen LogP contribution in [-0.4, -0.2) is 15.8 Å². The number of imidazole rings is 1. The third-order valence-corrected chi connectivity index (χ3v) is 2.54. The zero-order chi connectivity index (χ0) is 13.0.